The van der Waals surface area contributed by atoms with Crippen molar-refractivity contribution < 1.29 is 13.2 Å². The second-order valence-corrected chi connectivity index (χ2v) is 11.9. The zero-order chi connectivity index (χ0) is 27.2. The van der Waals surface area contributed by atoms with Crippen LogP contribution in [-0.4, -0.2) is 68.8 Å². The molecule has 0 saturated heterocycles. The monoisotopic (exact) mass is 538 g/mol. The molecule has 0 bridgehead atoms. The van der Waals surface area contributed by atoms with Crippen LogP contribution in [0.15, 0.2) is 41.3 Å². The van der Waals surface area contributed by atoms with Crippen LogP contribution in [0.3, 0.4) is 0 Å². The Balaban J connectivity index is 1.92. The van der Waals surface area contributed by atoms with Gasteiger partial charge in [0.25, 0.3) is 5.91 Å². The zero-order valence-electron chi connectivity index (χ0n) is 21.4. The lowest BCUT2D eigenvalue weighted by molar-refractivity contribution is 0.0985. The number of nitrogens with zero attached hydrogens (tertiary/aromatic N) is 6. The highest BCUT2D eigenvalue weighted by Gasteiger charge is 2.26. The quantitative estimate of drug-likeness (QED) is 0.362. The number of hydrogen-bond donors (Lipinski definition) is 0. The van der Waals surface area contributed by atoms with E-state index >= 15 is 0 Å². The molecule has 0 aliphatic heterocycles. The van der Waals surface area contributed by atoms with Crippen molar-refractivity contribution in [2.24, 2.45) is 0 Å². The average molecular weight is 539 g/mol. The minimum absolute atomic E-state index is 0.00391. The van der Waals surface area contributed by atoms with Crippen molar-refractivity contribution in [2.45, 2.75) is 31.6 Å². The van der Waals surface area contributed by atoms with Crippen molar-refractivity contribution in [2.75, 3.05) is 45.2 Å². The number of carbonyl (C=O) groups excluding carboxylic acids is 1. The first-order valence-corrected chi connectivity index (χ1v) is 14.0. The molecule has 0 radical (unpaired) electrons. The van der Waals surface area contributed by atoms with E-state index in [4.69, 9.17) is 15.5 Å². The Morgan fingerprint density at radius 3 is 2.11 bits per heavy atom. The van der Waals surface area contributed by atoms with E-state index in [1.165, 1.54) is 35.6 Å². The number of anilines is 1. The van der Waals surface area contributed by atoms with Crippen molar-refractivity contribution in [3.8, 4) is 12.1 Å². The van der Waals surface area contributed by atoms with E-state index in [9.17, 15) is 13.2 Å². The predicted molar refractivity (Wildman–Crippen MR) is 145 cm³/mol. The molecule has 3 aromatic rings. The Labute approximate surface area is 222 Å². The molecule has 0 unspecified atom stereocenters. The molecule has 9 nitrogen and oxygen atoms in total. The number of benzene rings is 2. The average Bonchev–Trinajstić information content (AvgIpc) is 3.26. The molecule has 0 N–H and O–H groups in total. The number of thiazole rings is 1. The topological polar surface area (TPSA) is 121 Å². The number of amides is 1. The third-order valence-electron chi connectivity index (χ3n) is 5.92. The molecular weight excluding hydrogens is 508 g/mol. The van der Waals surface area contributed by atoms with Crippen LogP contribution in [0.25, 0.3) is 10.2 Å². The van der Waals surface area contributed by atoms with Crippen LogP contribution in [0.1, 0.15) is 34.3 Å². The number of aromatic nitrogens is 1. The van der Waals surface area contributed by atoms with Crippen molar-refractivity contribution >= 4 is 42.6 Å². The summed E-state index contributed by atoms with van der Waals surface area (Å²) in [5.41, 5.74) is 3.46. The SMILES string of the molecule is Cc1cc2nc(N(CCN(C)C)C(=O)c3ccc(S(=O)(=O)N(CCC#N)CCC#N)cc3)sc2cc1C. The van der Waals surface area contributed by atoms with E-state index in [2.05, 4.69) is 6.07 Å². The van der Waals surface area contributed by atoms with Crippen LogP contribution < -0.4 is 4.90 Å². The number of hydrogen-bond acceptors (Lipinski definition) is 8. The third-order valence-corrected chi connectivity index (χ3v) is 8.88. The largest absolute Gasteiger partial charge is 0.308 e. The van der Waals surface area contributed by atoms with Crippen LogP contribution in [0.5, 0.6) is 0 Å². The molecule has 2 aromatic carbocycles. The first-order chi connectivity index (χ1) is 17.6. The number of carbonyl (C=O) groups is 1. The Morgan fingerprint density at radius 1 is 0.946 bits per heavy atom. The summed E-state index contributed by atoms with van der Waals surface area (Å²) in [5.74, 6) is -0.274. The van der Waals surface area contributed by atoms with Crippen molar-refractivity contribution in [3.63, 3.8) is 0 Å². The minimum atomic E-state index is -3.92. The minimum Gasteiger partial charge on any atom is -0.308 e. The van der Waals surface area contributed by atoms with Gasteiger partial charge in [0, 0.05) is 44.6 Å². The molecule has 0 aliphatic rings. The van der Waals surface area contributed by atoms with Gasteiger partial charge in [0.15, 0.2) is 5.13 Å². The van der Waals surface area contributed by atoms with Gasteiger partial charge in [-0.2, -0.15) is 14.8 Å². The van der Waals surface area contributed by atoms with Gasteiger partial charge in [0.1, 0.15) is 0 Å². The highest BCUT2D eigenvalue weighted by Crippen LogP contribution is 2.31. The first kappa shape index (κ1) is 28.2. The number of aryl methyl sites for hydroxylation is 2. The van der Waals surface area contributed by atoms with Gasteiger partial charge >= 0.3 is 0 Å². The van der Waals surface area contributed by atoms with Gasteiger partial charge in [-0.05, 0) is 75.5 Å². The smallest absolute Gasteiger partial charge is 0.260 e. The number of likely N-dealkylation sites (N-methyl/N-ethyl adjacent to an activating group) is 1. The van der Waals surface area contributed by atoms with Crippen LogP contribution in [-0.2, 0) is 10.0 Å². The molecule has 11 heteroatoms. The summed E-state index contributed by atoms with van der Waals surface area (Å²) in [7, 11) is -0.0615. The Hall–Kier alpha value is -3.35. The summed E-state index contributed by atoms with van der Waals surface area (Å²) in [6.07, 6.45) is 0.0343. The number of fused-ring (bicyclic) bond motifs is 1. The van der Waals surface area contributed by atoms with Crippen molar-refractivity contribution in [3.05, 3.63) is 53.1 Å². The maximum absolute atomic E-state index is 13.6. The molecular formula is C26H30N6O3S2. The van der Waals surface area contributed by atoms with E-state index in [1.807, 2.05) is 51.0 Å². The number of nitriles is 2. The fourth-order valence-corrected chi connectivity index (χ4v) is 6.15. The molecule has 1 amide bonds. The fourth-order valence-electron chi connectivity index (χ4n) is 3.64. The van der Waals surface area contributed by atoms with Crippen molar-refractivity contribution in [1.82, 2.24) is 14.2 Å². The predicted octanol–water partition coefficient (Wildman–Crippen LogP) is 3.94. The van der Waals surface area contributed by atoms with Gasteiger partial charge in [-0.1, -0.05) is 11.3 Å². The van der Waals surface area contributed by atoms with Gasteiger partial charge in [-0.3, -0.25) is 9.69 Å². The maximum Gasteiger partial charge on any atom is 0.260 e. The van der Waals surface area contributed by atoms with Crippen LogP contribution in [0.4, 0.5) is 5.13 Å². The summed E-state index contributed by atoms with van der Waals surface area (Å²) >= 11 is 1.45. The van der Waals surface area contributed by atoms with Crippen molar-refractivity contribution in [1.29, 1.82) is 10.5 Å². The maximum atomic E-state index is 13.6. The Bertz CT molecular complexity index is 1390. The lowest BCUT2D eigenvalue weighted by atomic mass is 10.1. The van der Waals surface area contributed by atoms with Gasteiger partial charge < -0.3 is 4.90 Å². The Kier molecular flexibility index (Phi) is 9.35. The molecule has 0 spiro atoms. The van der Waals surface area contributed by atoms with Gasteiger partial charge in [0.05, 0.1) is 27.3 Å². The van der Waals surface area contributed by atoms with Gasteiger partial charge in [-0.15, -0.1) is 0 Å². The summed E-state index contributed by atoms with van der Waals surface area (Å²) in [6.45, 7) is 5.10. The van der Waals surface area contributed by atoms with Crippen LogP contribution in [0, 0.1) is 36.5 Å². The van der Waals surface area contributed by atoms with E-state index in [0.29, 0.717) is 23.8 Å². The molecule has 1 aromatic heterocycles. The second-order valence-electron chi connectivity index (χ2n) is 8.91. The van der Waals surface area contributed by atoms with E-state index in [-0.39, 0.29) is 36.7 Å². The third kappa shape index (κ3) is 6.70. The van der Waals surface area contributed by atoms with Crippen LogP contribution >= 0.6 is 11.3 Å². The normalized spacial score (nSPS) is 11.6. The molecule has 0 aliphatic carbocycles. The Morgan fingerprint density at radius 2 is 1.54 bits per heavy atom. The second kappa shape index (κ2) is 12.3. The number of sulfonamides is 1. The standard InChI is InChI=1S/C26H30N6O3S2/c1-19-17-23-24(18-20(19)2)36-26(29-23)32(16-15-30(3)4)25(33)21-7-9-22(10-8-21)37(34,35)31(13-5-11-27)14-6-12-28/h7-10,17-18H,5-6,13-16H2,1-4H3. The lowest BCUT2D eigenvalue weighted by Crippen LogP contribution is -2.36. The molecule has 1 heterocycles. The number of rotatable bonds is 11. The summed E-state index contributed by atoms with van der Waals surface area (Å²) in [4.78, 5) is 21.9. The van der Waals surface area contributed by atoms with Crippen LogP contribution in [0.2, 0.25) is 0 Å². The molecule has 0 saturated carbocycles. The van der Waals surface area contributed by atoms with E-state index < -0.39 is 10.0 Å². The summed E-state index contributed by atoms with van der Waals surface area (Å²) in [5, 5.41) is 18.4. The zero-order valence-corrected chi connectivity index (χ0v) is 23.1. The summed E-state index contributed by atoms with van der Waals surface area (Å²) < 4.78 is 28.3. The van der Waals surface area contributed by atoms with E-state index in [0.717, 1.165) is 25.6 Å². The molecule has 0 atom stereocenters. The molecule has 37 heavy (non-hydrogen) atoms. The van der Waals surface area contributed by atoms with E-state index in [1.54, 1.807) is 4.90 Å². The van der Waals surface area contributed by atoms with Gasteiger partial charge in [-0.25, -0.2) is 13.4 Å². The summed E-state index contributed by atoms with van der Waals surface area (Å²) in [6, 6.07) is 13.7. The van der Waals surface area contributed by atoms with Gasteiger partial charge in [0.2, 0.25) is 10.0 Å². The molecule has 0 fully saturated rings. The highest BCUT2D eigenvalue weighted by atomic mass is 32.2. The first-order valence-electron chi connectivity index (χ1n) is 11.8. The highest BCUT2D eigenvalue weighted by molar-refractivity contribution is 7.89. The molecule has 3 rings (SSSR count). The lowest BCUT2D eigenvalue weighted by Gasteiger charge is -2.22. The fraction of sp³-hybridized carbons (Fsp3) is 0.385. The molecule has 194 valence electrons.